The highest BCUT2D eigenvalue weighted by atomic mass is 16.5. The lowest BCUT2D eigenvalue weighted by Gasteiger charge is -2.30. The van der Waals surface area contributed by atoms with Crippen molar-refractivity contribution in [2.24, 2.45) is 0 Å². The summed E-state index contributed by atoms with van der Waals surface area (Å²) >= 11 is 0. The molecule has 316 valence electrons. The van der Waals surface area contributed by atoms with Gasteiger partial charge in [0.25, 0.3) is 11.8 Å². The molecule has 21 nitrogen and oxygen atoms in total. The summed E-state index contributed by atoms with van der Waals surface area (Å²) in [5.74, 6) is -1.28. The number of anilines is 4. The van der Waals surface area contributed by atoms with Crippen LogP contribution in [-0.4, -0.2) is 105 Å². The van der Waals surface area contributed by atoms with E-state index in [1.807, 2.05) is 24.3 Å². The number of imidazole rings is 1. The molecule has 2 amide bonds. The second-order valence-electron chi connectivity index (χ2n) is 14.0. The van der Waals surface area contributed by atoms with E-state index in [2.05, 4.69) is 56.0 Å². The summed E-state index contributed by atoms with van der Waals surface area (Å²) in [6, 6.07) is 15.9. The first-order valence-electron chi connectivity index (χ1n) is 19.6. The van der Waals surface area contributed by atoms with Crippen molar-refractivity contribution in [3.8, 4) is 17.5 Å². The quantitative estimate of drug-likeness (QED) is 0.140. The van der Waals surface area contributed by atoms with E-state index in [0.29, 0.717) is 39.3 Å². The number of hydrogen-bond acceptors (Lipinski definition) is 16. The zero-order chi connectivity index (χ0) is 42.6. The van der Waals surface area contributed by atoms with Crippen molar-refractivity contribution < 1.29 is 27.6 Å². The molecular weight excluding hydrogens is 803 g/mol. The zero-order valence-electron chi connectivity index (χ0n) is 33.2. The number of carbonyl (C=O) groups is 2. The van der Waals surface area contributed by atoms with Crippen LogP contribution >= 0.6 is 0 Å². The van der Waals surface area contributed by atoms with Crippen LogP contribution in [0.2, 0.25) is 0 Å². The summed E-state index contributed by atoms with van der Waals surface area (Å²) in [5.41, 5.74) is 4.62. The number of aromatic nitrogens is 7. The van der Waals surface area contributed by atoms with Gasteiger partial charge in [0.05, 0.1) is 71.2 Å². The van der Waals surface area contributed by atoms with Gasteiger partial charge in [0.1, 0.15) is 5.75 Å². The third-order valence-corrected chi connectivity index (χ3v) is 10.2. The number of pyridine rings is 2. The van der Waals surface area contributed by atoms with Crippen LogP contribution in [0.15, 0.2) is 115 Å². The van der Waals surface area contributed by atoms with Crippen LogP contribution in [0.3, 0.4) is 0 Å². The second-order valence-corrected chi connectivity index (χ2v) is 14.0. The van der Waals surface area contributed by atoms with E-state index in [9.17, 15) is 19.2 Å². The Morgan fingerprint density at radius 2 is 1.24 bits per heavy atom. The molecule has 8 aromatic rings. The van der Waals surface area contributed by atoms with Gasteiger partial charge < -0.3 is 54.0 Å². The molecule has 2 aliphatic rings. The van der Waals surface area contributed by atoms with Gasteiger partial charge in [0, 0.05) is 70.8 Å². The van der Waals surface area contributed by atoms with Crippen molar-refractivity contribution in [3.05, 3.63) is 125 Å². The largest absolute Gasteiger partial charge is 0.497 e. The Morgan fingerprint density at radius 1 is 0.677 bits per heavy atom. The second kappa shape index (κ2) is 17.3. The number of hydrogen-bond donors (Lipinski definition) is 5. The maximum atomic E-state index is 12.8. The summed E-state index contributed by atoms with van der Waals surface area (Å²) < 4.78 is 24.2. The average molecular weight is 842 g/mol. The Kier molecular flexibility index (Phi) is 11.0. The standard InChI is InChI=1S/C21H20N6O5.C20H19N7O3/c1-30-13-2-3-16-17(10-13)31-21(29)27(16)18-12-24-20(32-18)19(28)25-14-11-23-5-4-15(14)26-8-6-22-7-9-26;28-18(24-14-11-22-6-5-15(14)26-9-7-21-8-10-26)19-23-12-17(30-19)27-16-4-2-1-3-13(16)25-20(27)29/h2-5,10-12,22H,6-9H2,1H3,(H,25,28);1-6,11-12,21H,7-10H2,(H,24,28)(H,25,29). The molecule has 0 spiro atoms. The van der Waals surface area contributed by atoms with Gasteiger partial charge in [-0.25, -0.2) is 28.7 Å². The first-order valence-corrected chi connectivity index (χ1v) is 19.6. The van der Waals surface area contributed by atoms with Crippen molar-refractivity contribution in [1.29, 1.82) is 0 Å². The van der Waals surface area contributed by atoms with Gasteiger partial charge in [0.2, 0.25) is 11.8 Å². The molecule has 0 bridgehead atoms. The first-order chi connectivity index (χ1) is 30.3. The van der Waals surface area contributed by atoms with E-state index in [1.165, 1.54) is 28.6 Å². The van der Waals surface area contributed by atoms with E-state index in [1.54, 1.807) is 55.1 Å². The number of rotatable bonds is 9. The van der Waals surface area contributed by atoms with Gasteiger partial charge in [-0.15, -0.1) is 0 Å². The topological polar surface area (TPSA) is 249 Å². The highest BCUT2D eigenvalue weighted by Gasteiger charge is 2.23. The maximum Gasteiger partial charge on any atom is 0.427 e. The molecule has 62 heavy (non-hydrogen) atoms. The molecule has 5 N–H and O–H groups in total. The third-order valence-electron chi connectivity index (χ3n) is 10.2. The minimum Gasteiger partial charge on any atom is -0.497 e. The lowest BCUT2D eigenvalue weighted by Crippen LogP contribution is -2.43. The summed E-state index contributed by atoms with van der Waals surface area (Å²) in [6.07, 6.45) is 9.22. The summed E-state index contributed by atoms with van der Waals surface area (Å²) in [6.45, 7) is 6.76. The van der Waals surface area contributed by atoms with E-state index in [0.717, 1.165) is 63.7 Å². The van der Waals surface area contributed by atoms with Crippen LogP contribution in [0.5, 0.6) is 5.75 Å². The van der Waals surface area contributed by atoms with Gasteiger partial charge in [-0.3, -0.25) is 19.6 Å². The van der Waals surface area contributed by atoms with Crippen molar-refractivity contribution in [2.75, 3.05) is 79.9 Å². The molecule has 2 fully saturated rings. The fourth-order valence-corrected chi connectivity index (χ4v) is 7.24. The molecule has 21 heteroatoms. The molecule has 0 radical (unpaired) electrons. The molecular formula is C41H39N13O8. The minimum atomic E-state index is -0.662. The lowest BCUT2D eigenvalue weighted by atomic mass is 10.2. The fraction of sp³-hybridized carbons (Fsp3) is 0.220. The average Bonchev–Trinajstić information content (AvgIpc) is 4.12. The molecule has 0 saturated carbocycles. The highest BCUT2D eigenvalue weighted by molar-refractivity contribution is 6.03. The Labute approximate surface area is 350 Å². The minimum absolute atomic E-state index is 0.0672. The number of ether oxygens (including phenoxy) is 1. The Bertz CT molecular complexity index is 3000. The fourth-order valence-electron chi connectivity index (χ4n) is 7.24. The van der Waals surface area contributed by atoms with Crippen LogP contribution in [0.25, 0.3) is 33.9 Å². The number of benzene rings is 2. The van der Waals surface area contributed by atoms with Crippen molar-refractivity contribution in [3.63, 3.8) is 0 Å². The number of para-hydroxylation sites is 2. The summed E-state index contributed by atoms with van der Waals surface area (Å²) in [7, 11) is 1.52. The van der Waals surface area contributed by atoms with Crippen molar-refractivity contribution >= 4 is 56.7 Å². The van der Waals surface area contributed by atoms with Crippen molar-refractivity contribution in [1.82, 2.24) is 44.7 Å². The van der Waals surface area contributed by atoms with Crippen LogP contribution in [0, 0.1) is 0 Å². The molecule has 0 aliphatic carbocycles. The van der Waals surface area contributed by atoms with Crippen LogP contribution in [0.1, 0.15) is 21.4 Å². The molecule has 0 unspecified atom stereocenters. The molecule has 8 heterocycles. The first kappa shape index (κ1) is 39.4. The van der Waals surface area contributed by atoms with Gasteiger partial charge in [-0.2, -0.15) is 0 Å². The molecule has 0 atom stereocenters. The number of methoxy groups -OCH3 is 1. The number of amides is 2. The molecule has 2 aromatic carbocycles. The van der Waals surface area contributed by atoms with Gasteiger partial charge >= 0.3 is 23.3 Å². The van der Waals surface area contributed by atoms with Crippen molar-refractivity contribution in [2.45, 2.75) is 0 Å². The maximum absolute atomic E-state index is 12.8. The number of nitrogens with one attached hydrogen (secondary N) is 5. The van der Waals surface area contributed by atoms with E-state index in [4.69, 9.17) is 18.0 Å². The van der Waals surface area contributed by atoms with E-state index < -0.39 is 17.6 Å². The number of nitrogens with zero attached hydrogens (tertiary/aromatic N) is 8. The number of fused-ring (bicyclic) bond motifs is 2. The summed E-state index contributed by atoms with van der Waals surface area (Å²) in [4.78, 5) is 73.7. The van der Waals surface area contributed by atoms with Gasteiger partial charge in [-0.1, -0.05) is 12.1 Å². The SMILES string of the molecule is COc1ccc2c(c1)oc(=O)n2-c1cnc(C(=O)Nc2cnccc2N2CCNCC2)o1.O=C(Nc1cnccc1N1CCNCC1)c1ncc(-n2c(=O)[nH]c3ccccc32)o1. The van der Waals surface area contributed by atoms with E-state index in [-0.39, 0.29) is 29.2 Å². The normalized spacial score (nSPS) is 14.1. The molecule has 2 saturated heterocycles. The number of H-pyrrole nitrogens is 1. The van der Waals surface area contributed by atoms with Gasteiger partial charge in [0.15, 0.2) is 5.58 Å². The third kappa shape index (κ3) is 7.99. The Hall–Kier alpha value is -8.04. The number of piperazine rings is 2. The monoisotopic (exact) mass is 841 g/mol. The molecule has 6 aromatic heterocycles. The van der Waals surface area contributed by atoms with E-state index >= 15 is 0 Å². The highest BCUT2D eigenvalue weighted by Crippen LogP contribution is 2.28. The number of carbonyl (C=O) groups excluding carboxylic acids is 2. The Morgan fingerprint density at radius 3 is 1.82 bits per heavy atom. The van der Waals surface area contributed by atoms with Crippen LogP contribution in [0.4, 0.5) is 22.7 Å². The summed E-state index contributed by atoms with van der Waals surface area (Å²) in [5, 5.41) is 12.2. The zero-order valence-corrected chi connectivity index (χ0v) is 33.2. The smallest absolute Gasteiger partial charge is 0.427 e. The van der Waals surface area contributed by atoms with Gasteiger partial charge in [-0.05, 0) is 36.4 Å². The number of aromatic amines is 1. The number of oxazole rings is 3. The van der Waals surface area contributed by atoms with Crippen LogP contribution in [-0.2, 0) is 0 Å². The predicted octanol–water partition coefficient (Wildman–Crippen LogP) is 3.00. The predicted molar refractivity (Wildman–Crippen MR) is 227 cm³/mol. The molecule has 10 rings (SSSR count). The van der Waals surface area contributed by atoms with Crippen LogP contribution < -0.4 is 47.2 Å². The lowest BCUT2D eigenvalue weighted by molar-refractivity contribution is 0.0983. The Balaban J connectivity index is 0.000000158. The molecule has 2 aliphatic heterocycles.